The molecule has 0 nitrogen and oxygen atoms in total. The molecule has 0 unspecified atom stereocenters. The van der Waals surface area contributed by atoms with E-state index < -0.39 is 0 Å². The average Bonchev–Trinajstić information content (AvgIpc) is 2.35. The van der Waals surface area contributed by atoms with Crippen molar-refractivity contribution in [1.82, 2.24) is 0 Å². The number of aryl methyl sites for hydroxylation is 5. The minimum absolute atomic E-state index is 1.17. The second-order valence-corrected chi connectivity index (χ2v) is 6.09. The predicted octanol–water partition coefficient (Wildman–Crippen LogP) is 5.85. The van der Waals surface area contributed by atoms with E-state index in [9.17, 15) is 0 Å². The van der Waals surface area contributed by atoms with Crippen molar-refractivity contribution in [1.29, 1.82) is 0 Å². The van der Waals surface area contributed by atoms with E-state index in [4.69, 9.17) is 0 Å². The maximum Gasteiger partial charge on any atom is -0.0125 e. The Labute approximate surface area is 123 Å². The van der Waals surface area contributed by atoms with Crippen molar-refractivity contribution in [2.75, 3.05) is 0 Å². The summed E-state index contributed by atoms with van der Waals surface area (Å²) in [4.78, 5) is 0. The van der Waals surface area contributed by atoms with Crippen LogP contribution in [0.1, 0.15) is 46.7 Å². The first kappa shape index (κ1) is 14.8. The Kier molecular flexibility index (Phi) is 4.32. The van der Waals surface area contributed by atoms with Gasteiger partial charge in [0.05, 0.1) is 0 Å². The molecule has 0 aliphatic heterocycles. The summed E-state index contributed by atoms with van der Waals surface area (Å²) in [5, 5.41) is 0. The molecule has 0 amide bonds. The number of hydrogen-bond acceptors (Lipinski definition) is 0. The Hall–Kier alpha value is -1.56. The summed E-state index contributed by atoms with van der Waals surface area (Å²) in [6, 6.07) is 9.38. The van der Waals surface area contributed by atoms with Crippen LogP contribution in [0.3, 0.4) is 0 Å². The summed E-state index contributed by atoms with van der Waals surface area (Å²) in [5.41, 5.74) is 11.2. The highest BCUT2D eigenvalue weighted by atomic mass is 14.1. The Bertz CT molecular complexity index is 586. The minimum Gasteiger partial charge on any atom is -0.0651 e. The molecule has 0 N–H and O–H groups in total. The third-order valence-electron chi connectivity index (χ3n) is 4.35. The molecule has 2 aromatic carbocycles. The zero-order chi connectivity index (χ0) is 14.9. The van der Waals surface area contributed by atoms with E-state index in [1.807, 2.05) is 0 Å². The van der Waals surface area contributed by atoms with Crippen LogP contribution in [0, 0.1) is 34.6 Å². The Morgan fingerprint density at radius 2 is 1.20 bits per heavy atom. The predicted molar refractivity (Wildman–Crippen MR) is 89.6 cm³/mol. The van der Waals surface area contributed by atoms with E-state index in [0.29, 0.717) is 0 Å². The van der Waals surface area contributed by atoms with Crippen molar-refractivity contribution in [2.45, 2.75) is 54.4 Å². The highest BCUT2D eigenvalue weighted by molar-refractivity contribution is 5.73. The van der Waals surface area contributed by atoms with Crippen molar-refractivity contribution < 1.29 is 0 Å². The molecular formula is C20H26. The van der Waals surface area contributed by atoms with E-state index in [0.717, 1.165) is 0 Å². The molecule has 0 aliphatic carbocycles. The number of benzene rings is 2. The number of hydrogen-bond donors (Lipinski definition) is 0. The molecule has 106 valence electrons. The zero-order valence-corrected chi connectivity index (χ0v) is 13.7. The van der Waals surface area contributed by atoms with E-state index >= 15 is 0 Å². The molecule has 0 bridgehead atoms. The lowest BCUT2D eigenvalue weighted by molar-refractivity contribution is 0.918. The molecule has 0 radical (unpaired) electrons. The molecule has 0 heteroatoms. The van der Waals surface area contributed by atoms with Crippen molar-refractivity contribution in [3.8, 4) is 11.1 Å². The van der Waals surface area contributed by atoms with E-state index in [2.05, 4.69) is 65.8 Å². The second-order valence-electron chi connectivity index (χ2n) is 6.09. The summed E-state index contributed by atoms with van der Waals surface area (Å²) in [7, 11) is 0. The van der Waals surface area contributed by atoms with Crippen LogP contribution in [-0.4, -0.2) is 0 Å². The van der Waals surface area contributed by atoms with Gasteiger partial charge in [-0.1, -0.05) is 37.6 Å². The van der Waals surface area contributed by atoms with Crippen LogP contribution in [0.25, 0.3) is 11.1 Å². The van der Waals surface area contributed by atoms with Gasteiger partial charge in [0.1, 0.15) is 0 Å². The van der Waals surface area contributed by atoms with Crippen LogP contribution in [0.15, 0.2) is 24.3 Å². The first-order valence-electron chi connectivity index (χ1n) is 7.62. The Morgan fingerprint density at radius 1 is 0.700 bits per heavy atom. The topological polar surface area (TPSA) is 0 Å². The lowest BCUT2D eigenvalue weighted by Crippen LogP contribution is -1.95. The second kappa shape index (κ2) is 5.83. The largest absolute Gasteiger partial charge is 0.0651 e. The molecule has 2 aromatic rings. The quantitative estimate of drug-likeness (QED) is 0.654. The fourth-order valence-corrected chi connectivity index (χ4v) is 3.12. The van der Waals surface area contributed by atoms with Crippen LogP contribution in [-0.2, 0) is 6.42 Å². The lowest BCUT2D eigenvalue weighted by Gasteiger charge is -2.15. The van der Waals surface area contributed by atoms with Gasteiger partial charge in [-0.2, -0.15) is 0 Å². The van der Waals surface area contributed by atoms with Gasteiger partial charge in [-0.05, 0) is 85.5 Å². The monoisotopic (exact) mass is 266 g/mol. The molecule has 0 aliphatic rings. The highest BCUT2D eigenvalue weighted by Gasteiger charge is 2.10. The molecule has 20 heavy (non-hydrogen) atoms. The third-order valence-corrected chi connectivity index (χ3v) is 4.35. The molecule has 0 aromatic heterocycles. The zero-order valence-electron chi connectivity index (χ0n) is 13.7. The summed E-state index contributed by atoms with van der Waals surface area (Å²) in [5.74, 6) is 0. The van der Waals surface area contributed by atoms with Gasteiger partial charge in [-0.25, -0.2) is 0 Å². The maximum atomic E-state index is 2.36. The van der Waals surface area contributed by atoms with Crippen LogP contribution in [0.5, 0.6) is 0 Å². The van der Waals surface area contributed by atoms with Gasteiger partial charge < -0.3 is 0 Å². The van der Waals surface area contributed by atoms with Gasteiger partial charge in [-0.15, -0.1) is 0 Å². The van der Waals surface area contributed by atoms with Crippen molar-refractivity contribution >= 4 is 0 Å². The molecule has 0 heterocycles. The fraction of sp³-hybridized carbons (Fsp3) is 0.400. The molecule has 0 saturated carbocycles. The fourth-order valence-electron chi connectivity index (χ4n) is 3.12. The summed E-state index contributed by atoms with van der Waals surface area (Å²) in [6.07, 6.45) is 2.38. The first-order valence-corrected chi connectivity index (χ1v) is 7.62. The van der Waals surface area contributed by atoms with Crippen molar-refractivity contribution in [3.05, 3.63) is 57.6 Å². The van der Waals surface area contributed by atoms with E-state index in [1.54, 1.807) is 0 Å². The van der Waals surface area contributed by atoms with Gasteiger partial charge >= 0.3 is 0 Å². The summed E-state index contributed by atoms with van der Waals surface area (Å²) < 4.78 is 0. The number of rotatable bonds is 3. The van der Waals surface area contributed by atoms with Crippen molar-refractivity contribution in [2.24, 2.45) is 0 Å². The Balaban J connectivity index is 2.58. The van der Waals surface area contributed by atoms with Gasteiger partial charge in [0, 0.05) is 0 Å². The van der Waals surface area contributed by atoms with E-state index in [-0.39, 0.29) is 0 Å². The smallest absolute Gasteiger partial charge is 0.0125 e. The van der Waals surface area contributed by atoms with Crippen LogP contribution in [0.4, 0.5) is 0 Å². The molecule has 2 rings (SSSR count). The van der Waals surface area contributed by atoms with Gasteiger partial charge in [0.2, 0.25) is 0 Å². The van der Waals surface area contributed by atoms with Gasteiger partial charge in [0.15, 0.2) is 0 Å². The van der Waals surface area contributed by atoms with E-state index in [1.165, 1.54) is 57.3 Å². The SMILES string of the molecule is CCCc1cc(C)c(-c2cc(C)c(C)c(C)c2)c(C)c1. The third kappa shape index (κ3) is 2.80. The average molecular weight is 266 g/mol. The maximum absolute atomic E-state index is 2.36. The lowest BCUT2D eigenvalue weighted by atomic mass is 9.89. The molecule has 0 saturated heterocycles. The standard InChI is InChI=1S/C20H26/c1-7-8-18-9-15(4)20(16(5)10-18)19-11-13(2)17(6)14(3)12-19/h9-12H,7-8H2,1-6H3. The van der Waals surface area contributed by atoms with Crippen molar-refractivity contribution in [3.63, 3.8) is 0 Å². The normalized spacial score (nSPS) is 10.9. The van der Waals surface area contributed by atoms with Gasteiger partial charge in [0.25, 0.3) is 0 Å². The molecule has 0 fully saturated rings. The minimum atomic E-state index is 1.17. The highest BCUT2D eigenvalue weighted by Crippen LogP contribution is 2.31. The Morgan fingerprint density at radius 3 is 1.65 bits per heavy atom. The summed E-state index contributed by atoms with van der Waals surface area (Å²) >= 11 is 0. The first-order chi connectivity index (χ1) is 9.43. The molecular weight excluding hydrogens is 240 g/mol. The van der Waals surface area contributed by atoms with Crippen LogP contribution >= 0.6 is 0 Å². The van der Waals surface area contributed by atoms with Crippen LogP contribution < -0.4 is 0 Å². The van der Waals surface area contributed by atoms with Gasteiger partial charge in [-0.3, -0.25) is 0 Å². The van der Waals surface area contributed by atoms with Crippen LogP contribution in [0.2, 0.25) is 0 Å². The summed E-state index contributed by atoms with van der Waals surface area (Å²) in [6.45, 7) is 13.4. The molecule has 0 atom stereocenters. The molecule has 0 spiro atoms.